The minimum Gasteiger partial charge on any atom is -0.493 e. The molecule has 4 aromatic rings. The molecule has 30 heavy (non-hydrogen) atoms. The first kappa shape index (κ1) is 19.4. The molecule has 0 saturated heterocycles. The SMILES string of the molecule is COc1ccc(COc2cc(-c3ccncc3)c(Cn3ccnc3)cc2OC)cn1. The maximum absolute atomic E-state index is 6.10. The first-order chi connectivity index (χ1) is 14.8. The van der Waals surface area contributed by atoms with E-state index in [1.165, 1.54) is 0 Å². The monoisotopic (exact) mass is 402 g/mol. The van der Waals surface area contributed by atoms with Gasteiger partial charge in [-0.05, 0) is 47.0 Å². The van der Waals surface area contributed by atoms with Crippen molar-refractivity contribution in [3.8, 4) is 28.5 Å². The molecular weight excluding hydrogens is 380 g/mol. The Bertz CT molecular complexity index is 1080. The van der Waals surface area contributed by atoms with Crippen LogP contribution in [0.25, 0.3) is 11.1 Å². The van der Waals surface area contributed by atoms with Gasteiger partial charge in [0, 0.05) is 49.2 Å². The molecule has 0 aliphatic heterocycles. The van der Waals surface area contributed by atoms with Gasteiger partial charge in [0.25, 0.3) is 0 Å². The molecule has 1 aromatic carbocycles. The van der Waals surface area contributed by atoms with Crippen molar-refractivity contribution in [2.24, 2.45) is 0 Å². The van der Waals surface area contributed by atoms with Gasteiger partial charge in [-0.1, -0.05) is 0 Å². The molecule has 7 nitrogen and oxygen atoms in total. The van der Waals surface area contributed by atoms with Gasteiger partial charge in [0.05, 0.1) is 20.5 Å². The van der Waals surface area contributed by atoms with Crippen LogP contribution in [0.1, 0.15) is 11.1 Å². The summed E-state index contributed by atoms with van der Waals surface area (Å²) in [6.07, 6.45) is 10.8. The number of benzene rings is 1. The Balaban J connectivity index is 1.67. The highest BCUT2D eigenvalue weighted by Crippen LogP contribution is 2.36. The third kappa shape index (κ3) is 4.41. The lowest BCUT2D eigenvalue weighted by Crippen LogP contribution is -2.03. The van der Waals surface area contributed by atoms with Crippen LogP contribution in [0.3, 0.4) is 0 Å². The number of imidazole rings is 1. The predicted molar refractivity (Wildman–Crippen MR) is 113 cm³/mol. The lowest BCUT2D eigenvalue weighted by atomic mass is 9.99. The van der Waals surface area contributed by atoms with E-state index in [9.17, 15) is 0 Å². The molecule has 0 N–H and O–H groups in total. The Morgan fingerprint density at radius 1 is 0.900 bits per heavy atom. The molecule has 0 unspecified atom stereocenters. The molecule has 0 fully saturated rings. The summed E-state index contributed by atoms with van der Waals surface area (Å²) in [5, 5.41) is 0. The molecule has 4 rings (SSSR count). The molecule has 0 amide bonds. The Labute approximate surface area is 174 Å². The first-order valence-corrected chi connectivity index (χ1v) is 9.45. The highest BCUT2D eigenvalue weighted by atomic mass is 16.5. The molecule has 0 aliphatic carbocycles. The molecule has 0 spiro atoms. The van der Waals surface area contributed by atoms with Crippen molar-refractivity contribution in [2.45, 2.75) is 13.2 Å². The number of nitrogens with zero attached hydrogens (tertiary/aromatic N) is 4. The van der Waals surface area contributed by atoms with Crippen LogP contribution in [-0.2, 0) is 13.2 Å². The number of ether oxygens (including phenoxy) is 3. The van der Waals surface area contributed by atoms with E-state index >= 15 is 0 Å². The fraction of sp³-hybridized carbons (Fsp3) is 0.174. The Hall–Kier alpha value is -3.87. The van der Waals surface area contributed by atoms with Crippen LogP contribution in [-0.4, -0.2) is 33.7 Å². The maximum Gasteiger partial charge on any atom is 0.212 e. The summed E-state index contributed by atoms with van der Waals surface area (Å²) in [6.45, 7) is 1.03. The molecule has 3 aromatic heterocycles. The van der Waals surface area contributed by atoms with E-state index in [1.54, 1.807) is 45.3 Å². The summed E-state index contributed by atoms with van der Waals surface area (Å²) in [6, 6.07) is 11.7. The van der Waals surface area contributed by atoms with Gasteiger partial charge in [-0.2, -0.15) is 0 Å². The van der Waals surface area contributed by atoms with Crippen LogP contribution in [0.5, 0.6) is 17.4 Å². The fourth-order valence-electron chi connectivity index (χ4n) is 3.16. The molecular formula is C23H22N4O3. The zero-order valence-corrected chi connectivity index (χ0v) is 16.9. The van der Waals surface area contributed by atoms with E-state index in [-0.39, 0.29) is 0 Å². The van der Waals surface area contributed by atoms with Crippen molar-refractivity contribution in [1.82, 2.24) is 19.5 Å². The van der Waals surface area contributed by atoms with Crippen LogP contribution in [0, 0.1) is 0 Å². The largest absolute Gasteiger partial charge is 0.493 e. The van der Waals surface area contributed by atoms with Crippen molar-refractivity contribution in [3.63, 3.8) is 0 Å². The predicted octanol–water partition coefficient (Wildman–Crippen LogP) is 3.98. The summed E-state index contributed by atoms with van der Waals surface area (Å²) in [5.74, 6) is 1.90. The zero-order chi connectivity index (χ0) is 20.8. The second kappa shape index (κ2) is 9.09. The van der Waals surface area contributed by atoms with E-state index in [1.807, 2.05) is 47.2 Å². The standard InChI is InChI=1S/C23H22N4O3/c1-28-21-11-19(14-27-10-9-25-16-27)20(18-5-7-24-8-6-18)12-22(21)30-15-17-3-4-23(29-2)26-13-17/h3-13,16H,14-15H2,1-2H3. The second-order valence-electron chi connectivity index (χ2n) is 6.63. The fourth-order valence-corrected chi connectivity index (χ4v) is 3.16. The number of rotatable bonds is 8. The highest BCUT2D eigenvalue weighted by molar-refractivity contribution is 5.71. The van der Waals surface area contributed by atoms with Crippen LogP contribution in [0.4, 0.5) is 0 Å². The zero-order valence-electron chi connectivity index (χ0n) is 16.9. The molecule has 152 valence electrons. The molecule has 0 bridgehead atoms. The van der Waals surface area contributed by atoms with E-state index < -0.39 is 0 Å². The van der Waals surface area contributed by atoms with Crippen LogP contribution in [0.15, 0.2) is 73.7 Å². The van der Waals surface area contributed by atoms with Gasteiger partial charge in [-0.25, -0.2) is 9.97 Å². The minimum atomic E-state index is 0.365. The van der Waals surface area contributed by atoms with E-state index in [4.69, 9.17) is 14.2 Å². The van der Waals surface area contributed by atoms with Gasteiger partial charge >= 0.3 is 0 Å². The van der Waals surface area contributed by atoms with Crippen molar-refractivity contribution in [3.05, 3.63) is 84.8 Å². The summed E-state index contributed by atoms with van der Waals surface area (Å²) in [5.41, 5.74) is 4.13. The van der Waals surface area contributed by atoms with Crippen molar-refractivity contribution < 1.29 is 14.2 Å². The summed E-state index contributed by atoms with van der Waals surface area (Å²) >= 11 is 0. The van der Waals surface area contributed by atoms with Crippen LogP contribution in [0.2, 0.25) is 0 Å². The highest BCUT2D eigenvalue weighted by Gasteiger charge is 2.14. The summed E-state index contributed by atoms with van der Waals surface area (Å²) in [7, 11) is 3.24. The smallest absolute Gasteiger partial charge is 0.212 e. The Kier molecular flexibility index (Phi) is 5.89. The van der Waals surface area contributed by atoms with Gasteiger partial charge in [0.2, 0.25) is 5.88 Å². The lowest BCUT2D eigenvalue weighted by Gasteiger charge is -2.17. The molecule has 0 atom stereocenters. The maximum atomic E-state index is 6.10. The molecule has 0 saturated carbocycles. The quantitative estimate of drug-likeness (QED) is 0.444. The summed E-state index contributed by atoms with van der Waals surface area (Å²) in [4.78, 5) is 12.5. The average Bonchev–Trinajstić information content (AvgIpc) is 3.32. The molecule has 3 heterocycles. The first-order valence-electron chi connectivity index (χ1n) is 9.45. The van der Waals surface area contributed by atoms with Gasteiger partial charge < -0.3 is 18.8 Å². The van der Waals surface area contributed by atoms with Gasteiger partial charge in [-0.15, -0.1) is 0 Å². The molecule has 7 heteroatoms. The molecule has 0 aliphatic rings. The van der Waals surface area contributed by atoms with Crippen molar-refractivity contribution in [1.29, 1.82) is 0 Å². The van der Waals surface area contributed by atoms with Crippen LogP contribution >= 0.6 is 0 Å². The minimum absolute atomic E-state index is 0.365. The number of pyridine rings is 2. The number of hydrogen-bond acceptors (Lipinski definition) is 6. The topological polar surface area (TPSA) is 71.3 Å². The third-order valence-electron chi connectivity index (χ3n) is 4.69. The van der Waals surface area contributed by atoms with Crippen molar-refractivity contribution >= 4 is 0 Å². The van der Waals surface area contributed by atoms with Gasteiger partial charge in [0.1, 0.15) is 6.61 Å². The summed E-state index contributed by atoms with van der Waals surface area (Å²) < 4.78 is 18.8. The average molecular weight is 402 g/mol. The van der Waals surface area contributed by atoms with E-state index in [0.717, 1.165) is 22.3 Å². The van der Waals surface area contributed by atoms with E-state index in [2.05, 4.69) is 15.0 Å². The Morgan fingerprint density at radius 2 is 1.77 bits per heavy atom. The van der Waals surface area contributed by atoms with Gasteiger partial charge in [0.15, 0.2) is 11.5 Å². The Morgan fingerprint density at radius 3 is 2.43 bits per heavy atom. The number of hydrogen-bond donors (Lipinski definition) is 0. The van der Waals surface area contributed by atoms with Crippen LogP contribution < -0.4 is 14.2 Å². The normalized spacial score (nSPS) is 10.6. The van der Waals surface area contributed by atoms with E-state index in [0.29, 0.717) is 30.5 Å². The number of methoxy groups -OCH3 is 2. The number of aromatic nitrogens is 4. The lowest BCUT2D eigenvalue weighted by molar-refractivity contribution is 0.283. The van der Waals surface area contributed by atoms with Gasteiger partial charge in [-0.3, -0.25) is 4.98 Å². The molecule has 0 radical (unpaired) electrons. The second-order valence-corrected chi connectivity index (χ2v) is 6.63. The third-order valence-corrected chi connectivity index (χ3v) is 4.69. The van der Waals surface area contributed by atoms with Crippen molar-refractivity contribution in [2.75, 3.05) is 14.2 Å².